The van der Waals surface area contributed by atoms with Crippen molar-refractivity contribution >= 4 is 23.4 Å². The number of hydrogen-bond donors (Lipinski definition) is 1. The van der Waals surface area contributed by atoms with Gasteiger partial charge in [0.05, 0.1) is 18.5 Å². The summed E-state index contributed by atoms with van der Waals surface area (Å²) in [6.07, 6.45) is 3.24. The van der Waals surface area contributed by atoms with Gasteiger partial charge in [-0.25, -0.2) is 4.79 Å². The third-order valence-electron chi connectivity index (χ3n) is 1.78. The van der Waals surface area contributed by atoms with E-state index in [0.29, 0.717) is 23.6 Å². The lowest BCUT2D eigenvalue weighted by Gasteiger charge is -2.06. The molecule has 1 aromatic heterocycles. The summed E-state index contributed by atoms with van der Waals surface area (Å²) in [4.78, 5) is 16.0. The maximum absolute atomic E-state index is 11.3. The molecule has 0 aliphatic heterocycles. The fourth-order valence-corrected chi connectivity index (χ4v) is 1.81. The average molecular weight is 238 g/mol. The van der Waals surface area contributed by atoms with Crippen molar-refractivity contribution in [2.24, 2.45) is 0 Å². The van der Waals surface area contributed by atoms with E-state index < -0.39 is 0 Å². The molecule has 4 nitrogen and oxygen atoms in total. The van der Waals surface area contributed by atoms with Gasteiger partial charge in [-0.15, -0.1) is 11.8 Å². The number of carbonyl (C=O) groups is 1. The van der Waals surface area contributed by atoms with E-state index >= 15 is 0 Å². The molecule has 0 spiro atoms. The predicted octanol–water partition coefficient (Wildman–Crippen LogP) is 1.88. The minimum atomic E-state index is -0.359. The summed E-state index contributed by atoms with van der Waals surface area (Å²) in [6, 6.07) is 1.80. The number of ether oxygens (including phenoxy) is 1. The smallest absolute Gasteiger partial charge is 0.334 e. The highest BCUT2D eigenvalue weighted by Crippen LogP contribution is 2.25. The summed E-state index contributed by atoms with van der Waals surface area (Å²) in [7, 11) is 0. The standard InChI is InChI=1S/C11H14N2O2S/c1-3-15-11(14)8(2)7-16-10-4-5-13-6-9(10)12/h4-6H,2-3,7,12H2,1H3. The maximum atomic E-state index is 11.3. The molecule has 0 fully saturated rings. The summed E-state index contributed by atoms with van der Waals surface area (Å²) in [6.45, 7) is 5.79. The number of esters is 1. The first-order valence-electron chi connectivity index (χ1n) is 4.82. The topological polar surface area (TPSA) is 65.2 Å². The van der Waals surface area contributed by atoms with E-state index in [-0.39, 0.29) is 5.97 Å². The van der Waals surface area contributed by atoms with Gasteiger partial charge < -0.3 is 10.5 Å². The second-order valence-corrected chi connectivity index (χ2v) is 4.04. The van der Waals surface area contributed by atoms with Gasteiger partial charge in [-0.2, -0.15) is 0 Å². The fourth-order valence-electron chi connectivity index (χ4n) is 0.982. The Balaban J connectivity index is 2.49. The first-order chi connectivity index (χ1) is 7.65. The van der Waals surface area contributed by atoms with Gasteiger partial charge in [-0.05, 0) is 13.0 Å². The van der Waals surface area contributed by atoms with Crippen molar-refractivity contribution in [1.82, 2.24) is 4.98 Å². The summed E-state index contributed by atoms with van der Waals surface area (Å²) < 4.78 is 4.83. The molecule has 1 rings (SSSR count). The van der Waals surface area contributed by atoms with E-state index in [4.69, 9.17) is 10.5 Å². The number of carbonyl (C=O) groups excluding carboxylic acids is 1. The lowest BCUT2D eigenvalue weighted by molar-refractivity contribution is -0.138. The van der Waals surface area contributed by atoms with E-state index in [1.54, 1.807) is 25.4 Å². The summed E-state index contributed by atoms with van der Waals surface area (Å²) in [5.74, 6) is 0.107. The number of nitrogen functional groups attached to an aromatic ring is 1. The lowest BCUT2D eigenvalue weighted by Crippen LogP contribution is -2.08. The molecule has 0 unspecified atom stereocenters. The van der Waals surface area contributed by atoms with Gasteiger partial charge in [0, 0.05) is 22.4 Å². The van der Waals surface area contributed by atoms with Crippen LogP contribution in [0.1, 0.15) is 6.92 Å². The van der Waals surface area contributed by atoms with Crippen LogP contribution in [0.4, 0.5) is 5.69 Å². The highest BCUT2D eigenvalue weighted by atomic mass is 32.2. The first kappa shape index (κ1) is 12.6. The molecule has 1 heterocycles. The van der Waals surface area contributed by atoms with Crippen LogP contribution < -0.4 is 5.73 Å². The zero-order valence-corrected chi connectivity index (χ0v) is 9.92. The highest BCUT2D eigenvalue weighted by Gasteiger charge is 2.08. The van der Waals surface area contributed by atoms with E-state index in [1.807, 2.05) is 0 Å². The molecular weight excluding hydrogens is 224 g/mol. The normalized spacial score (nSPS) is 9.81. The molecule has 86 valence electrons. The van der Waals surface area contributed by atoms with E-state index in [9.17, 15) is 4.79 Å². The van der Waals surface area contributed by atoms with Crippen LogP contribution in [0.15, 0.2) is 35.5 Å². The number of thioether (sulfide) groups is 1. The van der Waals surface area contributed by atoms with Crippen molar-refractivity contribution in [3.63, 3.8) is 0 Å². The molecule has 16 heavy (non-hydrogen) atoms. The van der Waals surface area contributed by atoms with Crippen LogP contribution in [-0.2, 0) is 9.53 Å². The third-order valence-corrected chi connectivity index (χ3v) is 2.95. The Morgan fingerprint density at radius 1 is 1.69 bits per heavy atom. The third kappa shape index (κ3) is 3.58. The molecule has 0 saturated carbocycles. The fraction of sp³-hybridized carbons (Fsp3) is 0.273. The molecule has 1 aromatic rings. The number of rotatable bonds is 5. The minimum Gasteiger partial charge on any atom is -0.463 e. The molecule has 2 N–H and O–H groups in total. The van der Waals surface area contributed by atoms with Crippen LogP contribution in [0.2, 0.25) is 0 Å². The Kier molecular flexibility index (Phi) is 4.85. The van der Waals surface area contributed by atoms with Crippen LogP contribution >= 0.6 is 11.8 Å². The molecule has 0 saturated heterocycles. The van der Waals surface area contributed by atoms with Crippen molar-refractivity contribution in [3.8, 4) is 0 Å². The summed E-state index contributed by atoms with van der Waals surface area (Å²) in [5, 5.41) is 0. The number of pyridine rings is 1. The molecule has 0 aromatic carbocycles. The predicted molar refractivity (Wildman–Crippen MR) is 65.1 cm³/mol. The molecule has 0 aliphatic rings. The van der Waals surface area contributed by atoms with Crippen LogP contribution in [0, 0.1) is 0 Å². The van der Waals surface area contributed by atoms with E-state index in [0.717, 1.165) is 4.90 Å². The molecule has 5 heteroatoms. The number of nitrogens with zero attached hydrogens (tertiary/aromatic N) is 1. The van der Waals surface area contributed by atoms with Crippen molar-refractivity contribution < 1.29 is 9.53 Å². The number of hydrogen-bond acceptors (Lipinski definition) is 5. The molecule has 0 radical (unpaired) electrons. The molecule has 0 aliphatic carbocycles. The minimum absolute atomic E-state index is 0.359. The second kappa shape index (κ2) is 6.17. The van der Waals surface area contributed by atoms with Gasteiger partial charge in [-0.3, -0.25) is 4.98 Å². The van der Waals surface area contributed by atoms with Crippen molar-refractivity contribution in [2.45, 2.75) is 11.8 Å². The zero-order chi connectivity index (χ0) is 12.0. The molecule has 0 bridgehead atoms. The summed E-state index contributed by atoms with van der Waals surface area (Å²) >= 11 is 1.44. The number of anilines is 1. The van der Waals surface area contributed by atoms with Gasteiger partial charge in [-0.1, -0.05) is 6.58 Å². The lowest BCUT2D eigenvalue weighted by atomic mass is 10.4. The van der Waals surface area contributed by atoms with E-state index in [2.05, 4.69) is 11.6 Å². The number of aromatic nitrogens is 1. The van der Waals surface area contributed by atoms with Crippen molar-refractivity contribution in [1.29, 1.82) is 0 Å². The highest BCUT2D eigenvalue weighted by molar-refractivity contribution is 7.99. The van der Waals surface area contributed by atoms with E-state index in [1.165, 1.54) is 11.8 Å². The largest absolute Gasteiger partial charge is 0.463 e. The van der Waals surface area contributed by atoms with Gasteiger partial charge in [0.1, 0.15) is 0 Å². The SMILES string of the molecule is C=C(CSc1ccncc1N)C(=O)OCC. The average Bonchev–Trinajstić information content (AvgIpc) is 2.28. The summed E-state index contributed by atoms with van der Waals surface area (Å²) in [5.41, 5.74) is 6.75. The molecular formula is C11H14N2O2S. The van der Waals surface area contributed by atoms with Gasteiger partial charge in [0.15, 0.2) is 0 Å². The Labute approximate surface area is 98.9 Å². The van der Waals surface area contributed by atoms with Gasteiger partial charge in [0.2, 0.25) is 0 Å². The Morgan fingerprint density at radius 2 is 2.44 bits per heavy atom. The Morgan fingerprint density at radius 3 is 3.06 bits per heavy atom. The Bertz CT molecular complexity index is 393. The van der Waals surface area contributed by atoms with Crippen LogP contribution in [0.5, 0.6) is 0 Å². The van der Waals surface area contributed by atoms with Crippen molar-refractivity contribution in [2.75, 3.05) is 18.1 Å². The first-order valence-corrected chi connectivity index (χ1v) is 5.81. The van der Waals surface area contributed by atoms with Crippen molar-refractivity contribution in [3.05, 3.63) is 30.6 Å². The maximum Gasteiger partial charge on any atom is 0.334 e. The van der Waals surface area contributed by atoms with Gasteiger partial charge >= 0.3 is 5.97 Å². The monoisotopic (exact) mass is 238 g/mol. The molecule has 0 amide bonds. The van der Waals surface area contributed by atoms with Crippen LogP contribution in [0.3, 0.4) is 0 Å². The van der Waals surface area contributed by atoms with Gasteiger partial charge in [0.25, 0.3) is 0 Å². The molecule has 0 atom stereocenters. The van der Waals surface area contributed by atoms with Crippen LogP contribution in [0.25, 0.3) is 0 Å². The Hall–Kier alpha value is -1.49. The zero-order valence-electron chi connectivity index (χ0n) is 9.10. The van der Waals surface area contributed by atoms with Crippen LogP contribution in [-0.4, -0.2) is 23.3 Å². The quantitative estimate of drug-likeness (QED) is 0.482. The second-order valence-electron chi connectivity index (χ2n) is 3.03. The number of nitrogens with two attached hydrogens (primary N) is 1.